The summed E-state index contributed by atoms with van der Waals surface area (Å²) in [4.78, 5) is 118. The summed E-state index contributed by atoms with van der Waals surface area (Å²) >= 11 is 0. The molecule has 3 heterocycles. The first-order chi connectivity index (χ1) is 60.5. The van der Waals surface area contributed by atoms with Gasteiger partial charge in [0.15, 0.2) is 0 Å². The molecular formula is C101H190N8O19. The molecule has 0 spiro atoms. The second-order valence-electron chi connectivity index (χ2n) is 36.2. The number of piperidine rings is 2. The number of rotatable bonds is 49. The van der Waals surface area contributed by atoms with Gasteiger partial charge in [0.2, 0.25) is 0 Å². The lowest BCUT2D eigenvalue weighted by Crippen LogP contribution is -2.44. The van der Waals surface area contributed by atoms with E-state index in [1.807, 2.05) is 176 Å². The van der Waals surface area contributed by atoms with E-state index in [0.29, 0.717) is 57.9 Å². The van der Waals surface area contributed by atoms with E-state index in [4.69, 9.17) is 47.7 Å². The summed E-state index contributed by atoms with van der Waals surface area (Å²) in [5.74, 6) is -0.615. The Kier molecular flexibility index (Phi) is 85.7. The molecule has 0 unspecified atom stereocenters. The highest BCUT2D eigenvalue weighted by Gasteiger charge is 2.18. The van der Waals surface area contributed by atoms with E-state index in [0.717, 1.165) is 175 Å². The quantitative estimate of drug-likeness (QED) is 0.0360. The fraction of sp³-hybridized carbons (Fsp3) is 0.812. The number of hydrogen-bond donors (Lipinski definition) is 1. The molecule has 0 atom stereocenters. The van der Waals surface area contributed by atoms with Gasteiger partial charge < -0.3 is 86.9 Å². The number of unbranched alkanes of at least 4 members (excludes halogenated alkanes) is 3. The molecule has 1 aromatic carbocycles. The third-order valence-electron chi connectivity index (χ3n) is 18.9. The Labute approximate surface area is 779 Å². The van der Waals surface area contributed by atoms with Crippen molar-refractivity contribution < 1.29 is 90.9 Å². The van der Waals surface area contributed by atoms with E-state index < -0.39 is 0 Å². The number of amides is 1. The lowest BCUT2D eigenvalue weighted by atomic mass is 10.1. The third kappa shape index (κ3) is 94.1. The van der Waals surface area contributed by atoms with Gasteiger partial charge in [0.05, 0.1) is 61.5 Å². The molecule has 0 saturated carbocycles. The number of aryl methyl sites for hydroxylation is 1. The first-order valence-corrected chi connectivity index (χ1v) is 48.9. The number of hydrogen-bond acceptors (Lipinski definition) is 26. The number of likely N-dealkylation sites (N-methyl/N-ethyl adjacent to an activating group) is 3. The molecule has 748 valence electrons. The van der Waals surface area contributed by atoms with Crippen LogP contribution in [-0.4, -0.2) is 313 Å². The molecule has 27 heteroatoms. The second kappa shape index (κ2) is 85.9. The maximum Gasteiger partial charge on any atom is 0.409 e. The lowest BCUT2D eigenvalue weighted by Gasteiger charge is -2.32. The number of aliphatic hydroxyl groups is 1. The fourth-order valence-electron chi connectivity index (χ4n) is 12.7. The summed E-state index contributed by atoms with van der Waals surface area (Å²) < 4.78 is 45.3. The van der Waals surface area contributed by atoms with Gasteiger partial charge in [-0.05, 0) is 346 Å². The maximum absolute atomic E-state index is 11.3. The number of esters is 8. The Hall–Kier alpha value is -6.59. The van der Waals surface area contributed by atoms with Crippen LogP contribution in [0.15, 0.2) is 54.1 Å². The fourth-order valence-corrected chi connectivity index (χ4v) is 12.7. The number of nitrogens with zero attached hydrogens (tertiary/aromatic N) is 8. The Morgan fingerprint density at radius 2 is 0.688 bits per heavy atom. The largest absolute Gasteiger partial charge is 0.463 e. The van der Waals surface area contributed by atoms with Crippen LogP contribution >= 0.6 is 0 Å². The Morgan fingerprint density at radius 3 is 1.04 bits per heavy atom. The van der Waals surface area contributed by atoms with Crippen LogP contribution in [0.3, 0.4) is 0 Å². The highest BCUT2D eigenvalue weighted by atomic mass is 16.6. The molecule has 0 radical (unpaired) electrons. The summed E-state index contributed by atoms with van der Waals surface area (Å²) in [5.41, 5.74) is 2.62. The maximum atomic E-state index is 11.3. The number of carbonyl (C=O) groups excluding carboxylic acids is 9. The Bertz CT molecular complexity index is 2920. The van der Waals surface area contributed by atoms with Gasteiger partial charge in [0.25, 0.3) is 0 Å². The van der Waals surface area contributed by atoms with Gasteiger partial charge in [-0.15, -0.1) is 0 Å². The van der Waals surface area contributed by atoms with Gasteiger partial charge in [-0.25, -0.2) is 4.79 Å². The molecule has 0 bridgehead atoms. The third-order valence-corrected chi connectivity index (χ3v) is 18.9. The van der Waals surface area contributed by atoms with E-state index in [2.05, 4.69) is 80.7 Å². The van der Waals surface area contributed by atoms with Crippen molar-refractivity contribution in [3.8, 4) is 0 Å². The van der Waals surface area contributed by atoms with Gasteiger partial charge in [0, 0.05) is 104 Å². The van der Waals surface area contributed by atoms with Crippen LogP contribution in [0.5, 0.6) is 0 Å². The average molecular weight is 1820 g/mol. The Morgan fingerprint density at radius 1 is 0.344 bits per heavy atom. The lowest BCUT2D eigenvalue weighted by molar-refractivity contribution is -0.148. The van der Waals surface area contributed by atoms with Crippen LogP contribution in [0.25, 0.3) is 0 Å². The number of allylic oxidation sites excluding steroid dienone is 4. The van der Waals surface area contributed by atoms with E-state index >= 15 is 0 Å². The summed E-state index contributed by atoms with van der Waals surface area (Å²) in [7, 11) is 11.8. The zero-order valence-electron chi connectivity index (χ0n) is 85.9. The van der Waals surface area contributed by atoms with Gasteiger partial charge in [-0.2, -0.15) is 0 Å². The van der Waals surface area contributed by atoms with Crippen molar-refractivity contribution in [2.45, 2.75) is 380 Å². The summed E-state index contributed by atoms with van der Waals surface area (Å²) in [6.07, 6.45) is 33.1. The number of carbonyl (C=O) groups is 9. The minimum absolute atomic E-state index is 0.00535. The van der Waals surface area contributed by atoms with Crippen molar-refractivity contribution in [2.75, 3.05) is 160 Å². The highest BCUT2D eigenvalue weighted by Crippen LogP contribution is 2.18. The molecule has 4 aliphatic rings. The van der Waals surface area contributed by atoms with E-state index in [1.165, 1.54) is 75.8 Å². The molecule has 3 fully saturated rings. The van der Waals surface area contributed by atoms with E-state index in [9.17, 15) is 43.2 Å². The monoisotopic (exact) mass is 1820 g/mol. The van der Waals surface area contributed by atoms with E-state index in [1.54, 1.807) is 11.9 Å². The molecule has 0 aromatic heterocycles. The minimum Gasteiger partial charge on any atom is -0.463 e. The number of aliphatic hydroxyl groups excluding tert-OH is 1. The molecular weight excluding hydrogens is 1630 g/mol. The van der Waals surface area contributed by atoms with Crippen LogP contribution in [0.1, 0.15) is 324 Å². The molecule has 128 heavy (non-hydrogen) atoms. The van der Waals surface area contributed by atoms with Gasteiger partial charge >= 0.3 is 53.8 Å². The molecule has 5 rings (SSSR count). The number of piperazine rings is 1. The minimum atomic E-state index is -0.253. The predicted octanol–water partition coefficient (Wildman–Crippen LogP) is 18.0. The highest BCUT2D eigenvalue weighted by molar-refractivity contribution is 5.72. The molecule has 1 N–H and O–H groups in total. The summed E-state index contributed by atoms with van der Waals surface area (Å²) in [6, 6.07) is 10.2. The van der Waals surface area contributed by atoms with E-state index in [-0.39, 0.29) is 115 Å². The van der Waals surface area contributed by atoms with Crippen LogP contribution < -0.4 is 0 Å². The topological polar surface area (TPSA) is 283 Å². The smallest absolute Gasteiger partial charge is 0.409 e. The van der Waals surface area contributed by atoms with Crippen molar-refractivity contribution in [3.05, 3.63) is 59.7 Å². The second-order valence-corrected chi connectivity index (χ2v) is 36.2. The summed E-state index contributed by atoms with van der Waals surface area (Å²) in [5, 5.41) is 8.89. The van der Waals surface area contributed by atoms with Crippen LogP contribution in [0.2, 0.25) is 0 Å². The van der Waals surface area contributed by atoms with Crippen LogP contribution in [0.4, 0.5) is 4.79 Å². The summed E-state index contributed by atoms with van der Waals surface area (Å²) in [6.45, 7) is 55.9. The number of benzene rings is 1. The normalized spacial score (nSPS) is 13.9. The first-order valence-electron chi connectivity index (χ1n) is 48.9. The zero-order chi connectivity index (χ0) is 97.4. The molecule has 3 aliphatic heterocycles. The van der Waals surface area contributed by atoms with Crippen LogP contribution in [0, 0.1) is 0 Å². The van der Waals surface area contributed by atoms with Gasteiger partial charge in [-0.3, -0.25) is 38.4 Å². The average Bonchev–Trinajstić information content (AvgIpc) is 1.16. The van der Waals surface area contributed by atoms with Crippen molar-refractivity contribution in [2.24, 2.45) is 0 Å². The molecule has 1 aliphatic carbocycles. The van der Waals surface area contributed by atoms with Crippen molar-refractivity contribution in [3.63, 3.8) is 0 Å². The SMILES string of the molecule is CC(C)OC(=O)CCCC1=CCC=C1.CC(C)OC(=O)CCCCN1CCCCC1.CC(C)OC(=O)CCCN(C)C.CC(C)OC(=O)CCCN1CCCCC1.CC(C)OC(=O)CCCN1CCN(C)CC1.CC(C)OC(=O)CCCc1ccccc1.CC(C)OC(=O)N(C)CCN(C)C.CCCCC(=O)OC(C)C.CCCN(CCO)CCCCC(=O)OC(C)C. The first kappa shape index (κ1) is 128. The van der Waals surface area contributed by atoms with Crippen molar-refractivity contribution >= 4 is 53.8 Å². The molecule has 27 nitrogen and oxygen atoms in total. The van der Waals surface area contributed by atoms with Gasteiger partial charge in [-0.1, -0.05) is 87.2 Å². The molecule has 1 amide bonds. The van der Waals surface area contributed by atoms with Gasteiger partial charge in [0.1, 0.15) is 0 Å². The number of ether oxygens (including phenoxy) is 9. The standard InChI is InChI=1S/C13H27NO3.C13H25NO2.C13H18O2.C12H24N2O2.C12H23NO2.C12H18O2.C9H20N2O2.C9H19NO2.C8H16O2/c1-4-8-14(10-11-15)9-6-5-7-13(16)17-12(2)3;1-12(2)16-13(15)8-4-7-11-14-9-5-3-6-10-14;1-11(2)15-13(14)10-6-9-12-7-4-3-5-8-12;1-11(2)16-12(15)5-4-6-14-9-7-13(3)8-10-14;1-11(2)15-12(14)7-6-10-13-8-4-3-5-9-13;1-10(2)14-12(13)9-5-8-11-6-3-4-7-11;1-8(2)13-9(12)11(5)7-6-10(3)4;1-8(2)12-9(11)6-5-7-10(3)4;1-4-5-6-8(9)10-7(2)3/h12,15H,4-11H2,1-3H3;12H,3-11H2,1-2H3;3-5,7-8,11H,6,9-10H2,1-2H3;11H,4-10H2,1-3H3;11H,3-10H2,1-2H3;3,6-7,10H,4-5,8-9H2,1-2H3;8H,6-7H2,1-5H3;8H,5-7H2,1-4H3;7H,4-6H2,1-3H3. The Balaban J connectivity index is -0.000000678. The predicted molar refractivity (Wildman–Crippen MR) is 520 cm³/mol. The van der Waals surface area contributed by atoms with Crippen molar-refractivity contribution in [1.82, 2.24) is 39.2 Å². The van der Waals surface area contributed by atoms with Crippen LogP contribution in [-0.2, 0) is 87.4 Å². The zero-order valence-corrected chi connectivity index (χ0v) is 85.9. The number of likely N-dealkylation sites (tertiary alicyclic amines) is 2. The molecule has 1 aromatic rings. The van der Waals surface area contributed by atoms with Crippen molar-refractivity contribution in [1.29, 1.82) is 0 Å². The molecule has 3 saturated heterocycles.